The molecule has 2 heterocycles. The van der Waals surface area contributed by atoms with Crippen molar-refractivity contribution in [2.75, 3.05) is 18.0 Å². The Morgan fingerprint density at radius 3 is 3.09 bits per heavy atom. The molecule has 6 nitrogen and oxygen atoms in total. The van der Waals surface area contributed by atoms with E-state index >= 15 is 0 Å². The number of nitrogens with zero attached hydrogens (tertiary/aromatic N) is 3. The lowest BCUT2D eigenvalue weighted by Gasteiger charge is -2.14. The molecule has 1 aliphatic heterocycles. The number of halogens is 1. The van der Waals surface area contributed by atoms with Crippen LogP contribution in [0, 0.1) is 5.82 Å². The van der Waals surface area contributed by atoms with Crippen LogP contribution in [0.5, 0.6) is 0 Å². The maximum Gasteiger partial charge on any atom is 0.414 e. The molecular weight excluding hydrogens is 339 g/mol. The van der Waals surface area contributed by atoms with E-state index in [1.165, 1.54) is 27.8 Å². The van der Waals surface area contributed by atoms with Crippen LogP contribution >= 0.6 is 23.6 Å². The van der Waals surface area contributed by atoms with E-state index in [1.54, 1.807) is 19.1 Å². The quantitative estimate of drug-likeness (QED) is 0.853. The Kier molecular flexibility index (Phi) is 4.49. The fourth-order valence-electron chi connectivity index (χ4n) is 2.23. The van der Waals surface area contributed by atoms with Crippen LogP contribution in [0.2, 0.25) is 0 Å². The zero-order valence-electron chi connectivity index (χ0n) is 12.2. The molecule has 1 fully saturated rings. The van der Waals surface area contributed by atoms with Gasteiger partial charge in [-0.1, -0.05) is 23.6 Å². The van der Waals surface area contributed by atoms with Crippen LogP contribution in [-0.4, -0.2) is 40.5 Å². The summed E-state index contributed by atoms with van der Waals surface area (Å²) in [6.45, 7) is 2.53. The van der Waals surface area contributed by atoms with Crippen LogP contribution in [0.4, 0.5) is 14.9 Å². The van der Waals surface area contributed by atoms with Crippen LogP contribution in [0.25, 0.3) is 10.6 Å². The molecule has 1 aliphatic rings. The summed E-state index contributed by atoms with van der Waals surface area (Å²) in [5.74, 6) is -0.455. The Balaban J connectivity index is 1.76. The van der Waals surface area contributed by atoms with Gasteiger partial charge in [-0.2, -0.15) is 0 Å². The number of hydrogen-bond donors (Lipinski definition) is 1. The summed E-state index contributed by atoms with van der Waals surface area (Å²) in [6.07, 6.45) is -0.826. The lowest BCUT2D eigenvalue weighted by Crippen LogP contribution is -2.32. The van der Waals surface area contributed by atoms with Gasteiger partial charge >= 0.3 is 6.09 Å². The number of carbonyl (C=O) groups is 1. The van der Waals surface area contributed by atoms with Crippen LogP contribution in [0.15, 0.2) is 23.7 Å². The highest BCUT2D eigenvalue weighted by Crippen LogP contribution is 2.29. The van der Waals surface area contributed by atoms with Crippen molar-refractivity contribution >= 4 is 40.3 Å². The SMILES string of the molecule is CC(=S)NCC1CN(c2ccc(-c3nncs3)c(F)c2)C(=O)O1. The largest absolute Gasteiger partial charge is 0.442 e. The van der Waals surface area contributed by atoms with Crippen molar-refractivity contribution in [3.63, 3.8) is 0 Å². The van der Waals surface area contributed by atoms with Gasteiger partial charge in [-0.3, -0.25) is 4.90 Å². The Labute approximate surface area is 141 Å². The van der Waals surface area contributed by atoms with Crippen molar-refractivity contribution in [2.45, 2.75) is 13.0 Å². The molecular formula is C14H13FN4O2S2. The van der Waals surface area contributed by atoms with Gasteiger partial charge in [0.05, 0.1) is 23.8 Å². The standard InChI is InChI=1S/C14H13FN4O2S2/c1-8(22)16-5-10-6-19(14(20)21-10)9-2-3-11(12(15)4-9)13-18-17-7-23-13/h2-4,7,10H,5-6H2,1H3,(H,16,22). The number of hydrogen-bond acceptors (Lipinski definition) is 6. The molecule has 0 spiro atoms. The number of benzene rings is 1. The number of ether oxygens (including phenoxy) is 1. The summed E-state index contributed by atoms with van der Waals surface area (Å²) in [5.41, 5.74) is 2.34. The first-order valence-electron chi connectivity index (χ1n) is 6.83. The molecule has 0 aliphatic carbocycles. The van der Waals surface area contributed by atoms with Gasteiger partial charge in [-0.05, 0) is 25.1 Å². The Bertz CT molecular complexity index is 738. The average Bonchev–Trinajstić information content (AvgIpc) is 3.14. The number of nitrogens with one attached hydrogen (secondary N) is 1. The summed E-state index contributed by atoms with van der Waals surface area (Å²) < 4.78 is 19.5. The molecule has 120 valence electrons. The molecule has 2 aromatic rings. The molecule has 1 unspecified atom stereocenters. The molecule has 1 aromatic carbocycles. The smallest absolute Gasteiger partial charge is 0.414 e. The van der Waals surface area contributed by atoms with Crippen LogP contribution in [0.3, 0.4) is 0 Å². The van der Waals surface area contributed by atoms with Crippen molar-refractivity contribution < 1.29 is 13.9 Å². The summed E-state index contributed by atoms with van der Waals surface area (Å²) in [7, 11) is 0. The normalized spacial score (nSPS) is 17.2. The molecule has 1 aromatic heterocycles. The predicted molar refractivity (Wildman–Crippen MR) is 89.2 cm³/mol. The molecule has 0 saturated carbocycles. The second-order valence-electron chi connectivity index (χ2n) is 4.96. The third-order valence-electron chi connectivity index (χ3n) is 3.31. The molecule has 9 heteroatoms. The first-order valence-corrected chi connectivity index (χ1v) is 8.12. The average molecular weight is 352 g/mol. The maximum atomic E-state index is 14.3. The van der Waals surface area contributed by atoms with E-state index in [4.69, 9.17) is 17.0 Å². The fourth-order valence-corrected chi connectivity index (χ4v) is 2.90. The highest BCUT2D eigenvalue weighted by atomic mass is 32.1. The molecule has 1 amide bonds. The van der Waals surface area contributed by atoms with Gasteiger partial charge in [-0.15, -0.1) is 10.2 Å². The van der Waals surface area contributed by atoms with E-state index in [0.717, 1.165) is 0 Å². The van der Waals surface area contributed by atoms with Gasteiger partial charge in [0, 0.05) is 5.56 Å². The molecule has 1 saturated heterocycles. The topological polar surface area (TPSA) is 67.3 Å². The minimum atomic E-state index is -0.498. The Morgan fingerprint density at radius 2 is 2.43 bits per heavy atom. The second-order valence-corrected chi connectivity index (χ2v) is 6.41. The zero-order chi connectivity index (χ0) is 16.4. The van der Waals surface area contributed by atoms with Gasteiger partial charge in [0.25, 0.3) is 0 Å². The molecule has 1 N–H and O–H groups in total. The predicted octanol–water partition coefficient (Wildman–Crippen LogP) is 2.61. The maximum absolute atomic E-state index is 14.3. The van der Waals surface area contributed by atoms with Crippen LogP contribution < -0.4 is 10.2 Å². The first kappa shape index (κ1) is 15.8. The third-order valence-corrected chi connectivity index (χ3v) is 4.18. The van der Waals surface area contributed by atoms with Crippen molar-refractivity contribution in [1.29, 1.82) is 0 Å². The van der Waals surface area contributed by atoms with Gasteiger partial charge < -0.3 is 10.1 Å². The number of thiocarbonyl (C=S) groups is 1. The first-order chi connectivity index (χ1) is 11.0. The lowest BCUT2D eigenvalue weighted by atomic mass is 10.2. The van der Waals surface area contributed by atoms with E-state index < -0.39 is 11.9 Å². The van der Waals surface area contributed by atoms with E-state index in [9.17, 15) is 9.18 Å². The van der Waals surface area contributed by atoms with Crippen LogP contribution in [-0.2, 0) is 4.74 Å². The number of anilines is 1. The summed E-state index contributed by atoms with van der Waals surface area (Å²) >= 11 is 6.18. The number of aromatic nitrogens is 2. The van der Waals surface area contributed by atoms with Crippen molar-refractivity contribution in [2.24, 2.45) is 0 Å². The van der Waals surface area contributed by atoms with Crippen molar-refractivity contribution in [3.05, 3.63) is 29.5 Å². The lowest BCUT2D eigenvalue weighted by molar-refractivity contribution is 0.143. The van der Waals surface area contributed by atoms with Crippen molar-refractivity contribution in [3.8, 4) is 10.6 Å². The number of rotatable bonds is 4. The minimum absolute atomic E-state index is 0.327. The fraction of sp³-hybridized carbons (Fsp3) is 0.286. The van der Waals surface area contributed by atoms with E-state index in [-0.39, 0.29) is 6.10 Å². The van der Waals surface area contributed by atoms with E-state index in [2.05, 4.69) is 15.5 Å². The minimum Gasteiger partial charge on any atom is -0.442 e. The number of amides is 1. The highest BCUT2D eigenvalue weighted by Gasteiger charge is 2.32. The second kappa shape index (κ2) is 6.55. The summed E-state index contributed by atoms with van der Waals surface area (Å²) in [5, 5.41) is 11.0. The number of carbonyl (C=O) groups excluding carboxylic acids is 1. The number of cyclic esters (lactones) is 1. The third kappa shape index (κ3) is 3.45. The van der Waals surface area contributed by atoms with Gasteiger partial charge in [-0.25, -0.2) is 9.18 Å². The summed E-state index contributed by atoms with van der Waals surface area (Å²) in [6, 6.07) is 4.56. The molecule has 23 heavy (non-hydrogen) atoms. The van der Waals surface area contributed by atoms with Gasteiger partial charge in [0.15, 0.2) is 0 Å². The van der Waals surface area contributed by atoms with E-state index in [0.29, 0.717) is 34.3 Å². The van der Waals surface area contributed by atoms with Crippen LogP contribution in [0.1, 0.15) is 6.92 Å². The van der Waals surface area contributed by atoms with Gasteiger partial charge in [0.1, 0.15) is 22.4 Å². The van der Waals surface area contributed by atoms with Crippen molar-refractivity contribution in [1.82, 2.24) is 15.5 Å². The highest BCUT2D eigenvalue weighted by molar-refractivity contribution is 7.80. The monoisotopic (exact) mass is 352 g/mol. The Morgan fingerprint density at radius 1 is 1.61 bits per heavy atom. The molecule has 3 rings (SSSR count). The molecule has 1 atom stereocenters. The van der Waals surface area contributed by atoms with Gasteiger partial charge in [0.2, 0.25) is 0 Å². The molecule has 0 radical (unpaired) electrons. The van der Waals surface area contributed by atoms with E-state index in [1.807, 2.05) is 0 Å². The Hall–Kier alpha value is -2.13. The zero-order valence-corrected chi connectivity index (χ0v) is 13.8. The molecule has 0 bridgehead atoms. The summed E-state index contributed by atoms with van der Waals surface area (Å²) in [4.78, 5) is 14.0.